The lowest BCUT2D eigenvalue weighted by atomic mass is 10.1. The van der Waals surface area contributed by atoms with E-state index in [1.165, 1.54) is 12.8 Å². The fourth-order valence-corrected chi connectivity index (χ4v) is 2.45. The van der Waals surface area contributed by atoms with E-state index in [0.717, 1.165) is 18.3 Å². The molecule has 92 valence electrons. The lowest BCUT2D eigenvalue weighted by molar-refractivity contribution is 0.194. The summed E-state index contributed by atoms with van der Waals surface area (Å²) in [6, 6.07) is 8.90. The molecule has 0 heterocycles. The molecule has 1 amide bonds. The molecule has 1 aromatic carbocycles. The Hall–Kier alpha value is -1.51. The van der Waals surface area contributed by atoms with Gasteiger partial charge in [-0.15, -0.1) is 0 Å². The summed E-state index contributed by atoms with van der Waals surface area (Å²) in [5.74, 6) is 2.01. The van der Waals surface area contributed by atoms with Crippen LogP contribution in [0.4, 0.5) is 4.79 Å². The molecular weight excluding hydrogens is 214 g/mol. The molecule has 0 aliphatic heterocycles. The molecule has 3 rings (SSSR count). The third-order valence-corrected chi connectivity index (χ3v) is 3.39. The molecule has 2 unspecified atom stereocenters. The normalized spacial score (nSPS) is 22.9. The lowest BCUT2D eigenvalue weighted by Crippen LogP contribution is -2.20. The van der Waals surface area contributed by atoms with Gasteiger partial charge >= 0.3 is 6.09 Å². The third kappa shape index (κ3) is 2.99. The number of carbonyl (C=O) groups is 1. The molecule has 0 bridgehead atoms. The van der Waals surface area contributed by atoms with Crippen LogP contribution in [0.3, 0.4) is 0 Å². The van der Waals surface area contributed by atoms with Gasteiger partial charge in [0.15, 0.2) is 0 Å². The molecule has 17 heavy (non-hydrogen) atoms. The van der Waals surface area contributed by atoms with Gasteiger partial charge in [0.05, 0.1) is 0 Å². The van der Waals surface area contributed by atoms with E-state index in [9.17, 15) is 4.79 Å². The highest BCUT2D eigenvalue weighted by Gasteiger charge is 2.44. The number of benzene rings is 1. The van der Waals surface area contributed by atoms with Gasteiger partial charge in [0.1, 0.15) is 0 Å². The second kappa shape index (κ2) is 5.21. The fraction of sp³-hybridized carbons (Fsp3) is 0.500. The second-order valence-electron chi connectivity index (χ2n) is 4.74. The van der Waals surface area contributed by atoms with Gasteiger partial charge in [-0.3, -0.25) is 0 Å². The van der Waals surface area contributed by atoms with Gasteiger partial charge in [0.2, 0.25) is 0 Å². The summed E-state index contributed by atoms with van der Waals surface area (Å²) in [5.41, 5.74) is 3.26. The topological polar surface area (TPSA) is 49.3 Å². The minimum absolute atomic E-state index is 0.551. The Labute approximate surface area is 102 Å². The van der Waals surface area contributed by atoms with Gasteiger partial charge < -0.3 is 10.4 Å². The smallest absolute Gasteiger partial charge is 0.404 e. The summed E-state index contributed by atoms with van der Waals surface area (Å²) in [4.78, 5) is 9.65. The van der Waals surface area contributed by atoms with Crippen LogP contribution in [0.1, 0.15) is 36.8 Å². The molecular formula is C14H19NO2. The average molecular weight is 233 g/mol. The number of hydrogen-bond donors (Lipinski definition) is 2. The van der Waals surface area contributed by atoms with Crippen LogP contribution in [0, 0.1) is 5.92 Å². The Morgan fingerprint density at radius 2 is 2.24 bits per heavy atom. The maximum absolute atomic E-state index is 9.65. The number of amides is 1. The van der Waals surface area contributed by atoms with E-state index in [2.05, 4.69) is 29.6 Å². The molecule has 1 fully saturated rings. The quantitative estimate of drug-likeness (QED) is 0.825. The summed E-state index contributed by atoms with van der Waals surface area (Å²) in [6.07, 6.45) is 2.74. The Kier molecular flexibility index (Phi) is 3.67. The van der Waals surface area contributed by atoms with Crippen molar-refractivity contribution in [3.63, 3.8) is 0 Å². The summed E-state index contributed by atoms with van der Waals surface area (Å²) < 4.78 is 0. The van der Waals surface area contributed by atoms with Gasteiger partial charge in [-0.05, 0) is 42.2 Å². The van der Waals surface area contributed by atoms with Crippen molar-refractivity contribution in [2.24, 2.45) is 5.92 Å². The molecule has 2 N–H and O–H groups in total. The van der Waals surface area contributed by atoms with Gasteiger partial charge in [0, 0.05) is 6.54 Å². The molecule has 1 aromatic rings. The van der Waals surface area contributed by atoms with Crippen LogP contribution >= 0.6 is 0 Å². The van der Waals surface area contributed by atoms with Crippen LogP contribution in [0.15, 0.2) is 24.3 Å². The molecule has 2 aliphatic rings. The minimum Gasteiger partial charge on any atom is -0.465 e. The first-order valence-electron chi connectivity index (χ1n) is 6.27. The predicted molar refractivity (Wildman–Crippen MR) is 67.3 cm³/mol. The van der Waals surface area contributed by atoms with Gasteiger partial charge in [-0.1, -0.05) is 31.2 Å². The lowest BCUT2D eigenvalue weighted by Gasteiger charge is -1.98. The summed E-state index contributed by atoms with van der Waals surface area (Å²) in [7, 11) is 0. The maximum atomic E-state index is 9.65. The van der Waals surface area contributed by atoms with Crippen LogP contribution in [-0.4, -0.2) is 17.7 Å². The van der Waals surface area contributed by atoms with Crippen molar-refractivity contribution in [3.05, 3.63) is 35.4 Å². The largest absolute Gasteiger partial charge is 0.465 e. The minimum atomic E-state index is -0.943. The maximum Gasteiger partial charge on any atom is 0.404 e. The molecule has 0 saturated heterocycles. The molecule has 0 aromatic heterocycles. The van der Waals surface area contributed by atoms with Crippen molar-refractivity contribution >= 4 is 6.09 Å². The zero-order chi connectivity index (χ0) is 12.3. The second-order valence-corrected chi connectivity index (χ2v) is 4.74. The van der Waals surface area contributed by atoms with Gasteiger partial charge in [-0.25, -0.2) is 4.79 Å². The van der Waals surface area contributed by atoms with Crippen molar-refractivity contribution in [3.8, 4) is 0 Å². The zero-order valence-corrected chi connectivity index (χ0v) is 10.1. The molecule has 1 saturated carbocycles. The van der Waals surface area contributed by atoms with Crippen molar-refractivity contribution in [2.45, 2.75) is 32.1 Å². The van der Waals surface area contributed by atoms with E-state index < -0.39 is 6.09 Å². The summed E-state index contributed by atoms with van der Waals surface area (Å²) in [6.45, 7) is 2.46. The van der Waals surface area contributed by atoms with E-state index in [1.54, 1.807) is 11.1 Å². The molecule has 0 radical (unpaired) electrons. The van der Waals surface area contributed by atoms with Crippen LogP contribution in [-0.2, 0) is 6.42 Å². The molecule has 3 nitrogen and oxygen atoms in total. The Balaban J connectivity index is 0.000000139. The Morgan fingerprint density at radius 3 is 2.82 bits per heavy atom. The molecule has 0 spiro atoms. The van der Waals surface area contributed by atoms with Crippen LogP contribution in [0.2, 0.25) is 0 Å². The number of fused-ring (bicyclic) bond motifs is 3. The SMILES string of the molecule is CCCNC(=O)O.c1ccc2c(c1)CC1CC21. The van der Waals surface area contributed by atoms with Crippen molar-refractivity contribution in [1.82, 2.24) is 5.32 Å². The average Bonchev–Trinajstić information content (AvgIpc) is 3.00. The highest BCUT2D eigenvalue weighted by Crippen LogP contribution is 2.55. The Bertz CT molecular complexity index is 403. The number of rotatable bonds is 2. The molecule has 2 atom stereocenters. The van der Waals surface area contributed by atoms with E-state index in [1.807, 2.05) is 6.92 Å². The van der Waals surface area contributed by atoms with Gasteiger partial charge in [-0.2, -0.15) is 0 Å². The van der Waals surface area contributed by atoms with Crippen LogP contribution < -0.4 is 5.32 Å². The number of carboxylic acid groups (broad SMARTS) is 1. The fourth-order valence-electron chi connectivity index (χ4n) is 2.45. The first-order chi connectivity index (χ1) is 8.22. The predicted octanol–water partition coefficient (Wildman–Crippen LogP) is 3.01. The first kappa shape index (κ1) is 12.0. The zero-order valence-electron chi connectivity index (χ0n) is 10.1. The highest BCUT2D eigenvalue weighted by molar-refractivity contribution is 5.64. The summed E-state index contributed by atoms with van der Waals surface area (Å²) in [5, 5.41) is 10.1. The molecule has 2 aliphatic carbocycles. The van der Waals surface area contributed by atoms with Crippen LogP contribution in [0.25, 0.3) is 0 Å². The van der Waals surface area contributed by atoms with E-state index in [-0.39, 0.29) is 0 Å². The molecule has 3 heteroatoms. The van der Waals surface area contributed by atoms with Crippen molar-refractivity contribution in [1.29, 1.82) is 0 Å². The van der Waals surface area contributed by atoms with Crippen molar-refractivity contribution in [2.75, 3.05) is 6.54 Å². The number of hydrogen-bond acceptors (Lipinski definition) is 1. The first-order valence-corrected chi connectivity index (χ1v) is 6.27. The third-order valence-electron chi connectivity index (χ3n) is 3.39. The summed E-state index contributed by atoms with van der Waals surface area (Å²) >= 11 is 0. The van der Waals surface area contributed by atoms with E-state index in [0.29, 0.717) is 6.54 Å². The monoisotopic (exact) mass is 233 g/mol. The number of nitrogens with one attached hydrogen (secondary N) is 1. The van der Waals surface area contributed by atoms with E-state index in [4.69, 9.17) is 5.11 Å². The van der Waals surface area contributed by atoms with E-state index >= 15 is 0 Å². The van der Waals surface area contributed by atoms with Crippen LogP contribution in [0.5, 0.6) is 0 Å². The van der Waals surface area contributed by atoms with Crippen molar-refractivity contribution < 1.29 is 9.90 Å². The Morgan fingerprint density at radius 1 is 1.47 bits per heavy atom. The highest BCUT2D eigenvalue weighted by atomic mass is 16.4. The standard InChI is InChI=1S/C10H10.C4H9NO2/c1-2-4-9-7(3-1)5-8-6-10(8)9;1-2-3-5-4(6)7/h1-4,8,10H,5-6H2;5H,2-3H2,1H3,(H,6,7). The van der Waals surface area contributed by atoms with Gasteiger partial charge in [0.25, 0.3) is 0 Å².